The molecule has 2 fully saturated rings. The Balaban J connectivity index is 1.90. The van der Waals surface area contributed by atoms with Crippen LogP contribution < -0.4 is 0 Å². The van der Waals surface area contributed by atoms with Crippen LogP contribution in [0.1, 0.15) is 40.0 Å². The van der Waals surface area contributed by atoms with Crippen LogP contribution in [-0.4, -0.2) is 14.4 Å². The van der Waals surface area contributed by atoms with Crippen molar-refractivity contribution in [3.05, 3.63) is 0 Å². The van der Waals surface area contributed by atoms with Crippen LogP contribution in [0.3, 0.4) is 0 Å². The Labute approximate surface area is 89.4 Å². The summed E-state index contributed by atoms with van der Waals surface area (Å²) in [5.41, 5.74) is 0. The van der Waals surface area contributed by atoms with E-state index >= 15 is 0 Å². The summed E-state index contributed by atoms with van der Waals surface area (Å²) in [4.78, 5) is 0. The van der Waals surface area contributed by atoms with Crippen molar-refractivity contribution in [3.8, 4) is 0 Å². The van der Waals surface area contributed by atoms with Gasteiger partial charge in [0, 0.05) is 6.10 Å². The summed E-state index contributed by atoms with van der Waals surface area (Å²) < 4.78 is 6.40. The summed E-state index contributed by atoms with van der Waals surface area (Å²) >= 11 is 0. The lowest BCUT2D eigenvalue weighted by molar-refractivity contribution is 0.174. The normalized spacial score (nSPS) is 37.1. The highest BCUT2D eigenvalue weighted by atomic mass is 28.4. The van der Waals surface area contributed by atoms with E-state index in [4.69, 9.17) is 4.43 Å². The van der Waals surface area contributed by atoms with E-state index in [0.29, 0.717) is 11.1 Å². The van der Waals surface area contributed by atoms with Crippen molar-refractivity contribution in [1.29, 1.82) is 0 Å². The van der Waals surface area contributed by atoms with E-state index in [1.54, 1.807) is 0 Å². The van der Waals surface area contributed by atoms with Crippen molar-refractivity contribution in [2.75, 3.05) is 0 Å². The molecule has 14 heavy (non-hydrogen) atoms. The molecule has 0 aliphatic heterocycles. The fourth-order valence-electron chi connectivity index (χ4n) is 2.35. The highest BCUT2D eigenvalue weighted by molar-refractivity contribution is 6.74. The van der Waals surface area contributed by atoms with Crippen LogP contribution in [0.5, 0.6) is 0 Å². The van der Waals surface area contributed by atoms with E-state index in [-0.39, 0.29) is 0 Å². The highest BCUT2D eigenvalue weighted by Gasteiger charge is 2.49. The summed E-state index contributed by atoms with van der Waals surface area (Å²) in [7, 11) is -1.48. The number of fused-ring (bicyclic) bond motifs is 1. The van der Waals surface area contributed by atoms with Gasteiger partial charge in [-0.1, -0.05) is 20.8 Å². The first-order chi connectivity index (χ1) is 6.29. The second kappa shape index (κ2) is 3.08. The van der Waals surface area contributed by atoms with Crippen molar-refractivity contribution in [3.63, 3.8) is 0 Å². The van der Waals surface area contributed by atoms with Crippen LogP contribution in [0.2, 0.25) is 18.1 Å². The molecule has 0 aromatic heterocycles. The van der Waals surface area contributed by atoms with Crippen molar-refractivity contribution >= 4 is 8.32 Å². The van der Waals surface area contributed by atoms with Crippen molar-refractivity contribution in [2.45, 2.75) is 64.3 Å². The molecular formula is C12H24OSi. The van der Waals surface area contributed by atoms with E-state index in [0.717, 1.165) is 11.8 Å². The SMILES string of the molecule is CC(C)(C)[Si](C)(C)OC1CC2CC2C1. The van der Waals surface area contributed by atoms with Crippen molar-refractivity contribution in [1.82, 2.24) is 0 Å². The van der Waals surface area contributed by atoms with Gasteiger partial charge in [-0.2, -0.15) is 0 Å². The number of rotatable bonds is 2. The fraction of sp³-hybridized carbons (Fsp3) is 1.00. The largest absolute Gasteiger partial charge is 0.414 e. The molecule has 0 amide bonds. The quantitative estimate of drug-likeness (QED) is 0.633. The summed E-state index contributed by atoms with van der Waals surface area (Å²) in [6, 6.07) is 0. The topological polar surface area (TPSA) is 9.23 Å². The molecule has 2 rings (SSSR count). The lowest BCUT2D eigenvalue weighted by atomic mass is 10.2. The van der Waals surface area contributed by atoms with Gasteiger partial charge in [-0.05, 0) is 49.2 Å². The van der Waals surface area contributed by atoms with Gasteiger partial charge < -0.3 is 4.43 Å². The maximum Gasteiger partial charge on any atom is 0.192 e. The third-order valence-corrected chi connectivity index (χ3v) is 9.00. The third kappa shape index (κ3) is 1.92. The molecule has 0 aromatic rings. The van der Waals surface area contributed by atoms with Crippen LogP contribution in [0.25, 0.3) is 0 Å². The molecule has 2 aliphatic carbocycles. The zero-order valence-corrected chi connectivity index (χ0v) is 11.3. The maximum atomic E-state index is 6.40. The average molecular weight is 212 g/mol. The van der Waals surface area contributed by atoms with Crippen LogP contribution in [0, 0.1) is 11.8 Å². The van der Waals surface area contributed by atoms with Gasteiger partial charge in [0.1, 0.15) is 0 Å². The molecular weight excluding hydrogens is 188 g/mol. The summed E-state index contributed by atoms with van der Waals surface area (Å²) in [6.45, 7) is 11.7. The Kier molecular flexibility index (Phi) is 2.35. The lowest BCUT2D eigenvalue weighted by Crippen LogP contribution is -2.43. The molecule has 82 valence electrons. The molecule has 0 bridgehead atoms. The number of hydrogen-bond donors (Lipinski definition) is 0. The van der Waals surface area contributed by atoms with Gasteiger partial charge in [-0.25, -0.2) is 0 Å². The zero-order valence-electron chi connectivity index (χ0n) is 10.3. The van der Waals surface area contributed by atoms with E-state index in [2.05, 4.69) is 33.9 Å². The summed E-state index contributed by atoms with van der Waals surface area (Å²) in [5, 5.41) is 0.375. The smallest absolute Gasteiger partial charge is 0.192 e. The molecule has 0 saturated heterocycles. The molecule has 2 atom stereocenters. The van der Waals surface area contributed by atoms with Gasteiger partial charge in [-0.15, -0.1) is 0 Å². The van der Waals surface area contributed by atoms with Crippen LogP contribution >= 0.6 is 0 Å². The van der Waals surface area contributed by atoms with E-state index in [1.165, 1.54) is 19.3 Å². The Morgan fingerprint density at radius 2 is 1.50 bits per heavy atom. The van der Waals surface area contributed by atoms with E-state index in [1.807, 2.05) is 0 Å². The fourth-order valence-corrected chi connectivity index (χ4v) is 3.73. The van der Waals surface area contributed by atoms with Gasteiger partial charge in [0.2, 0.25) is 0 Å². The van der Waals surface area contributed by atoms with Crippen molar-refractivity contribution in [2.24, 2.45) is 11.8 Å². The Morgan fingerprint density at radius 1 is 1.00 bits per heavy atom. The molecule has 2 unspecified atom stereocenters. The standard InChI is InChI=1S/C12H24OSi/c1-12(2,3)14(4,5)13-11-7-9-6-10(9)8-11/h9-11H,6-8H2,1-5H3. The third-order valence-electron chi connectivity index (χ3n) is 4.47. The number of hydrogen-bond acceptors (Lipinski definition) is 1. The minimum Gasteiger partial charge on any atom is -0.414 e. The second-order valence-electron chi connectivity index (χ2n) is 6.73. The monoisotopic (exact) mass is 212 g/mol. The van der Waals surface area contributed by atoms with E-state index in [9.17, 15) is 0 Å². The zero-order chi connectivity index (χ0) is 10.6. The molecule has 1 nitrogen and oxygen atoms in total. The molecule has 0 N–H and O–H groups in total. The predicted molar refractivity (Wildman–Crippen MR) is 62.9 cm³/mol. The average Bonchev–Trinajstić information content (AvgIpc) is 2.56. The minimum absolute atomic E-state index is 0.375. The van der Waals surface area contributed by atoms with Crippen molar-refractivity contribution < 1.29 is 4.43 Å². The van der Waals surface area contributed by atoms with Gasteiger partial charge in [-0.3, -0.25) is 0 Å². The molecule has 0 spiro atoms. The Bertz CT molecular complexity index is 219. The first kappa shape index (κ1) is 10.7. The minimum atomic E-state index is -1.48. The van der Waals surface area contributed by atoms with Gasteiger partial charge >= 0.3 is 0 Å². The lowest BCUT2D eigenvalue weighted by Gasteiger charge is -2.38. The molecule has 0 aromatic carbocycles. The summed E-state index contributed by atoms with van der Waals surface area (Å²) in [6.07, 6.45) is 4.82. The van der Waals surface area contributed by atoms with Gasteiger partial charge in [0.25, 0.3) is 0 Å². The van der Waals surface area contributed by atoms with Crippen LogP contribution in [-0.2, 0) is 4.43 Å². The highest BCUT2D eigenvalue weighted by Crippen LogP contribution is 2.53. The summed E-state index contributed by atoms with van der Waals surface area (Å²) in [5.74, 6) is 2.09. The maximum absolute atomic E-state index is 6.40. The second-order valence-corrected chi connectivity index (χ2v) is 11.5. The van der Waals surface area contributed by atoms with E-state index < -0.39 is 8.32 Å². The predicted octanol–water partition coefficient (Wildman–Crippen LogP) is 3.81. The first-order valence-electron chi connectivity index (χ1n) is 5.97. The molecule has 2 heteroatoms. The molecule has 0 radical (unpaired) electrons. The Hall–Kier alpha value is 0.177. The van der Waals surface area contributed by atoms with Crippen LogP contribution in [0.15, 0.2) is 0 Å². The molecule has 2 saturated carbocycles. The Morgan fingerprint density at radius 3 is 1.93 bits per heavy atom. The van der Waals surface area contributed by atoms with Crippen LogP contribution in [0.4, 0.5) is 0 Å². The van der Waals surface area contributed by atoms with Gasteiger partial charge in [0.15, 0.2) is 8.32 Å². The molecule has 2 aliphatic rings. The molecule has 0 heterocycles. The first-order valence-corrected chi connectivity index (χ1v) is 8.88. The van der Waals surface area contributed by atoms with Gasteiger partial charge in [0.05, 0.1) is 0 Å².